The van der Waals surface area contributed by atoms with Gasteiger partial charge in [-0.25, -0.2) is 12.8 Å². The molecule has 2 aliphatic heterocycles. The Morgan fingerprint density at radius 2 is 1.69 bits per heavy atom. The molecule has 0 radical (unpaired) electrons. The molecule has 2 aliphatic rings. The minimum atomic E-state index is -3.83. The summed E-state index contributed by atoms with van der Waals surface area (Å²) in [6, 6.07) is 13.9. The average molecular weight is 414 g/mol. The Morgan fingerprint density at radius 3 is 2.48 bits per heavy atom. The molecule has 8 heteroatoms. The fraction of sp³-hybridized carbons (Fsp3) is 0.238. The van der Waals surface area contributed by atoms with Crippen molar-refractivity contribution in [2.24, 2.45) is 0 Å². The first-order valence-corrected chi connectivity index (χ1v) is 10.8. The Kier molecular flexibility index (Phi) is 4.33. The van der Waals surface area contributed by atoms with Crippen molar-refractivity contribution in [1.82, 2.24) is 8.87 Å². The number of aromatic nitrogens is 1. The molecule has 0 aliphatic carbocycles. The Labute approximate surface area is 168 Å². The third-order valence-electron chi connectivity index (χ3n) is 5.30. The van der Waals surface area contributed by atoms with Crippen LogP contribution in [0.2, 0.25) is 0 Å². The van der Waals surface area contributed by atoms with Crippen molar-refractivity contribution in [2.75, 3.05) is 19.8 Å². The number of rotatable bonds is 3. The molecule has 3 aromatic rings. The molecule has 0 saturated heterocycles. The molecule has 0 spiro atoms. The maximum absolute atomic E-state index is 13.6. The summed E-state index contributed by atoms with van der Waals surface area (Å²) >= 11 is 0. The lowest BCUT2D eigenvalue weighted by Gasteiger charge is -2.36. The van der Waals surface area contributed by atoms with E-state index in [4.69, 9.17) is 9.47 Å². The lowest BCUT2D eigenvalue weighted by molar-refractivity contribution is 0.171. The molecule has 150 valence electrons. The lowest BCUT2D eigenvalue weighted by Crippen LogP contribution is -2.42. The van der Waals surface area contributed by atoms with Gasteiger partial charge in [0.05, 0.1) is 10.9 Å². The van der Waals surface area contributed by atoms with E-state index in [1.165, 1.54) is 28.6 Å². The molecule has 0 fully saturated rings. The number of halogens is 1. The molecule has 0 bridgehead atoms. The van der Waals surface area contributed by atoms with Crippen LogP contribution in [0.25, 0.3) is 0 Å². The van der Waals surface area contributed by atoms with Crippen LogP contribution in [-0.2, 0) is 16.6 Å². The monoisotopic (exact) mass is 414 g/mol. The topological polar surface area (TPSA) is 60.8 Å². The summed E-state index contributed by atoms with van der Waals surface area (Å²) in [5.74, 6) is 0.607. The van der Waals surface area contributed by atoms with Gasteiger partial charge in [-0.05, 0) is 42.0 Å². The predicted octanol–water partition coefficient (Wildman–Crippen LogP) is 3.19. The molecule has 3 heterocycles. The SMILES string of the molecule is O=S(=O)(c1ccc2c(c1)OCCO2)N1CCn2cccc2[C@@H]1c1ccc(F)cc1. The van der Waals surface area contributed by atoms with Crippen LogP contribution in [0.5, 0.6) is 11.5 Å². The Morgan fingerprint density at radius 1 is 0.931 bits per heavy atom. The maximum atomic E-state index is 13.6. The van der Waals surface area contributed by atoms with E-state index in [0.717, 1.165) is 5.69 Å². The van der Waals surface area contributed by atoms with Crippen LogP contribution >= 0.6 is 0 Å². The van der Waals surface area contributed by atoms with Crippen LogP contribution in [0, 0.1) is 5.82 Å². The van der Waals surface area contributed by atoms with Gasteiger partial charge in [0.25, 0.3) is 0 Å². The summed E-state index contributed by atoms with van der Waals surface area (Å²) < 4.78 is 55.3. The van der Waals surface area contributed by atoms with Gasteiger partial charge in [0.15, 0.2) is 11.5 Å². The highest BCUT2D eigenvalue weighted by atomic mass is 32.2. The fourth-order valence-electron chi connectivity index (χ4n) is 3.92. The van der Waals surface area contributed by atoms with Crippen LogP contribution in [-0.4, -0.2) is 37.0 Å². The summed E-state index contributed by atoms with van der Waals surface area (Å²) in [4.78, 5) is 0.147. The van der Waals surface area contributed by atoms with Gasteiger partial charge in [-0.2, -0.15) is 4.31 Å². The van der Waals surface area contributed by atoms with Crippen LogP contribution in [0.1, 0.15) is 17.3 Å². The van der Waals surface area contributed by atoms with Gasteiger partial charge < -0.3 is 14.0 Å². The summed E-state index contributed by atoms with van der Waals surface area (Å²) in [7, 11) is -3.83. The van der Waals surface area contributed by atoms with E-state index in [0.29, 0.717) is 43.4 Å². The van der Waals surface area contributed by atoms with E-state index in [2.05, 4.69) is 0 Å². The Balaban J connectivity index is 1.60. The first kappa shape index (κ1) is 18.2. The van der Waals surface area contributed by atoms with Crippen LogP contribution in [0.4, 0.5) is 4.39 Å². The van der Waals surface area contributed by atoms with Gasteiger partial charge in [0.2, 0.25) is 10.0 Å². The quantitative estimate of drug-likeness (QED) is 0.661. The van der Waals surface area contributed by atoms with Gasteiger partial charge in [0, 0.05) is 31.0 Å². The molecule has 0 N–H and O–H groups in total. The highest BCUT2D eigenvalue weighted by Crippen LogP contribution is 2.39. The van der Waals surface area contributed by atoms with Crippen molar-refractivity contribution in [3.05, 3.63) is 77.9 Å². The molecular weight excluding hydrogens is 395 g/mol. The largest absolute Gasteiger partial charge is 0.486 e. The highest BCUT2D eigenvalue weighted by Gasteiger charge is 2.38. The van der Waals surface area contributed by atoms with Crippen LogP contribution in [0.3, 0.4) is 0 Å². The molecule has 5 rings (SSSR count). The second kappa shape index (κ2) is 6.89. The van der Waals surface area contributed by atoms with Gasteiger partial charge in [0.1, 0.15) is 19.0 Å². The first-order chi connectivity index (χ1) is 14.0. The average Bonchev–Trinajstić information content (AvgIpc) is 3.22. The maximum Gasteiger partial charge on any atom is 0.244 e. The number of nitrogens with zero attached hydrogens (tertiary/aromatic N) is 2. The van der Waals surface area contributed by atoms with E-state index < -0.39 is 16.1 Å². The zero-order valence-electron chi connectivity index (χ0n) is 15.5. The minimum absolute atomic E-state index is 0.147. The molecule has 0 amide bonds. The van der Waals surface area contributed by atoms with Gasteiger partial charge >= 0.3 is 0 Å². The highest BCUT2D eigenvalue weighted by molar-refractivity contribution is 7.89. The summed E-state index contributed by atoms with van der Waals surface area (Å²) in [6.07, 6.45) is 1.93. The van der Waals surface area contributed by atoms with Crippen molar-refractivity contribution in [2.45, 2.75) is 17.5 Å². The smallest absolute Gasteiger partial charge is 0.244 e. The second-order valence-corrected chi connectivity index (χ2v) is 8.89. The van der Waals surface area contributed by atoms with Gasteiger partial charge in [-0.15, -0.1) is 0 Å². The van der Waals surface area contributed by atoms with Gasteiger partial charge in [-0.3, -0.25) is 0 Å². The zero-order valence-corrected chi connectivity index (χ0v) is 16.3. The molecule has 1 atom stereocenters. The summed E-state index contributed by atoms with van der Waals surface area (Å²) in [5.41, 5.74) is 1.57. The summed E-state index contributed by atoms with van der Waals surface area (Å²) in [5, 5.41) is 0. The molecule has 6 nitrogen and oxygen atoms in total. The molecule has 1 aromatic heterocycles. The Bertz CT molecular complexity index is 1160. The molecule has 0 saturated carbocycles. The number of hydrogen-bond donors (Lipinski definition) is 0. The molecule has 0 unspecified atom stereocenters. The zero-order chi connectivity index (χ0) is 20.0. The number of sulfonamides is 1. The summed E-state index contributed by atoms with van der Waals surface area (Å²) in [6.45, 7) is 1.67. The molecule has 2 aromatic carbocycles. The van der Waals surface area contributed by atoms with Gasteiger partial charge in [-0.1, -0.05) is 12.1 Å². The second-order valence-electron chi connectivity index (χ2n) is 7.00. The van der Waals surface area contributed by atoms with E-state index in [1.54, 1.807) is 18.2 Å². The van der Waals surface area contributed by atoms with Crippen LogP contribution < -0.4 is 9.47 Å². The predicted molar refractivity (Wildman–Crippen MR) is 104 cm³/mol. The van der Waals surface area contributed by atoms with Crippen molar-refractivity contribution < 1.29 is 22.3 Å². The fourth-order valence-corrected chi connectivity index (χ4v) is 5.52. The van der Waals surface area contributed by atoms with E-state index in [1.807, 2.05) is 22.9 Å². The van der Waals surface area contributed by atoms with E-state index >= 15 is 0 Å². The number of ether oxygens (including phenoxy) is 2. The van der Waals surface area contributed by atoms with Crippen molar-refractivity contribution in [3.63, 3.8) is 0 Å². The molecular formula is C21H19FN2O4S. The van der Waals surface area contributed by atoms with Crippen molar-refractivity contribution >= 4 is 10.0 Å². The lowest BCUT2D eigenvalue weighted by atomic mass is 10.0. The first-order valence-electron chi connectivity index (χ1n) is 9.36. The Hall–Kier alpha value is -2.84. The standard InChI is InChI=1S/C21H19FN2O4S/c22-16-5-3-15(4-6-16)21-18-2-1-9-23(18)10-11-24(21)29(25,26)17-7-8-19-20(14-17)28-13-12-27-19/h1-9,14,21H,10-13H2/t21-/m0/s1. The van der Waals surface area contributed by atoms with E-state index in [-0.39, 0.29) is 10.7 Å². The number of benzene rings is 2. The molecule has 29 heavy (non-hydrogen) atoms. The van der Waals surface area contributed by atoms with Crippen molar-refractivity contribution in [1.29, 1.82) is 0 Å². The third kappa shape index (κ3) is 3.08. The van der Waals surface area contributed by atoms with Crippen LogP contribution in [0.15, 0.2) is 65.7 Å². The number of fused-ring (bicyclic) bond motifs is 2. The van der Waals surface area contributed by atoms with Crippen molar-refractivity contribution in [3.8, 4) is 11.5 Å². The van der Waals surface area contributed by atoms with E-state index in [9.17, 15) is 12.8 Å². The third-order valence-corrected chi connectivity index (χ3v) is 7.16. The number of hydrogen-bond acceptors (Lipinski definition) is 4. The normalized spacial score (nSPS) is 19.0. The minimum Gasteiger partial charge on any atom is -0.486 e.